The highest BCUT2D eigenvalue weighted by Gasteiger charge is 2.14. The maximum Gasteiger partial charge on any atom is 0.253 e. The van der Waals surface area contributed by atoms with Crippen LogP contribution in [0.25, 0.3) is 0 Å². The van der Waals surface area contributed by atoms with Crippen LogP contribution < -0.4 is 5.32 Å². The van der Waals surface area contributed by atoms with Crippen molar-refractivity contribution in [3.8, 4) is 0 Å². The maximum absolute atomic E-state index is 11.8. The van der Waals surface area contributed by atoms with Gasteiger partial charge in [-0.2, -0.15) is 0 Å². The summed E-state index contributed by atoms with van der Waals surface area (Å²) in [6.07, 6.45) is -0.515. The number of carbonyl (C=O) groups is 1. The van der Waals surface area contributed by atoms with E-state index in [0.29, 0.717) is 5.56 Å². The van der Waals surface area contributed by atoms with Gasteiger partial charge >= 0.3 is 0 Å². The molecule has 2 N–H and O–H groups in total. The van der Waals surface area contributed by atoms with Crippen molar-refractivity contribution in [3.05, 3.63) is 23.0 Å². The first kappa shape index (κ1) is 12.8. The Bertz CT molecular complexity index is 381. The molecule has 1 atom stereocenters. The number of nitrogens with zero attached hydrogens (tertiary/aromatic N) is 1. The topological polar surface area (TPSA) is 54.3 Å². The van der Waals surface area contributed by atoms with Gasteiger partial charge in [0.05, 0.1) is 11.7 Å². The fraction of sp³-hybridized carbons (Fsp3) is 0.583. The van der Waals surface area contributed by atoms with E-state index in [-0.39, 0.29) is 12.5 Å². The quantitative estimate of drug-likeness (QED) is 0.808. The second kappa shape index (κ2) is 5.16. The van der Waals surface area contributed by atoms with E-state index in [0.717, 1.165) is 17.9 Å². The Balaban J connectivity index is 2.84. The zero-order valence-corrected chi connectivity index (χ0v) is 10.4. The van der Waals surface area contributed by atoms with Crippen molar-refractivity contribution < 1.29 is 9.90 Å². The summed E-state index contributed by atoms with van der Waals surface area (Å²) in [5, 5.41) is 11.8. The highest BCUT2D eigenvalue weighted by atomic mass is 16.3. The van der Waals surface area contributed by atoms with Gasteiger partial charge in [-0.05, 0) is 33.8 Å². The lowest BCUT2D eigenvalue weighted by atomic mass is 10.2. The second-order valence-corrected chi connectivity index (χ2v) is 4.09. The number of aromatic nitrogens is 1. The number of aliphatic hydroxyl groups is 1. The molecule has 0 bridgehead atoms. The third-order valence-electron chi connectivity index (χ3n) is 2.69. The molecular weight excluding hydrogens is 204 g/mol. The fourth-order valence-electron chi connectivity index (χ4n) is 1.85. The van der Waals surface area contributed by atoms with Crippen LogP contribution in [0.2, 0.25) is 0 Å². The van der Waals surface area contributed by atoms with E-state index in [9.17, 15) is 4.79 Å². The molecule has 0 spiro atoms. The molecule has 1 unspecified atom stereocenters. The minimum absolute atomic E-state index is 0.117. The van der Waals surface area contributed by atoms with Gasteiger partial charge in [0.15, 0.2) is 0 Å². The van der Waals surface area contributed by atoms with Gasteiger partial charge in [-0.3, -0.25) is 4.79 Å². The van der Waals surface area contributed by atoms with Crippen LogP contribution in [0.15, 0.2) is 6.07 Å². The summed E-state index contributed by atoms with van der Waals surface area (Å²) in [6.45, 7) is 8.78. The molecule has 0 saturated carbocycles. The second-order valence-electron chi connectivity index (χ2n) is 4.09. The van der Waals surface area contributed by atoms with E-state index >= 15 is 0 Å². The smallest absolute Gasteiger partial charge is 0.253 e. The minimum atomic E-state index is -0.515. The Morgan fingerprint density at radius 2 is 2.19 bits per heavy atom. The maximum atomic E-state index is 11.8. The molecule has 0 aliphatic rings. The van der Waals surface area contributed by atoms with Crippen molar-refractivity contribution in [1.82, 2.24) is 9.88 Å². The van der Waals surface area contributed by atoms with Crippen LogP contribution in [-0.4, -0.2) is 28.2 Å². The van der Waals surface area contributed by atoms with Crippen molar-refractivity contribution in [2.45, 2.75) is 40.3 Å². The normalized spacial score (nSPS) is 12.6. The highest BCUT2D eigenvalue weighted by molar-refractivity contribution is 5.95. The van der Waals surface area contributed by atoms with E-state index in [2.05, 4.69) is 16.8 Å². The molecule has 1 aromatic rings. The van der Waals surface area contributed by atoms with Gasteiger partial charge < -0.3 is 15.0 Å². The number of nitrogens with one attached hydrogen (secondary N) is 1. The molecule has 90 valence electrons. The molecule has 0 saturated heterocycles. The summed E-state index contributed by atoms with van der Waals surface area (Å²) in [5.74, 6) is -0.117. The monoisotopic (exact) mass is 224 g/mol. The summed E-state index contributed by atoms with van der Waals surface area (Å²) in [6, 6.07) is 1.89. The Morgan fingerprint density at radius 1 is 1.56 bits per heavy atom. The largest absolute Gasteiger partial charge is 0.392 e. The van der Waals surface area contributed by atoms with Gasteiger partial charge in [0.2, 0.25) is 0 Å². The van der Waals surface area contributed by atoms with Crippen LogP contribution in [-0.2, 0) is 6.54 Å². The molecular formula is C12H20N2O2. The third-order valence-corrected chi connectivity index (χ3v) is 2.69. The summed E-state index contributed by atoms with van der Waals surface area (Å²) in [4.78, 5) is 11.8. The summed E-state index contributed by atoms with van der Waals surface area (Å²) < 4.78 is 2.09. The lowest BCUT2D eigenvalue weighted by Crippen LogP contribution is -2.30. The average Bonchev–Trinajstić information content (AvgIpc) is 2.50. The van der Waals surface area contributed by atoms with Crippen molar-refractivity contribution in [2.24, 2.45) is 0 Å². The first-order chi connectivity index (χ1) is 7.47. The molecule has 1 heterocycles. The predicted molar refractivity (Wildman–Crippen MR) is 63.6 cm³/mol. The summed E-state index contributed by atoms with van der Waals surface area (Å²) >= 11 is 0. The third kappa shape index (κ3) is 2.64. The molecule has 1 amide bonds. The first-order valence-corrected chi connectivity index (χ1v) is 5.60. The van der Waals surface area contributed by atoms with Crippen LogP contribution in [0.4, 0.5) is 0 Å². The summed E-state index contributed by atoms with van der Waals surface area (Å²) in [5.41, 5.74) is 2.75. The average molecular weight is 224 g/mol. The number of aliphatic hydroxyl groups excluding tert-OH is 1. The van der Waals surface area contributed by atoms with Crippen LogP contribution in [0.3, 0.4) is 0 Å². The van der Waals surface area contributed by atoms with E-state index in [1.807, 2.05) is 19.9 Å². The number of amides is 1. The van der Waals surface area contributed by atoms with Crippen LogP contribution in [0.5, 0.6) is 0 Å². The van der Waals surface area contributed by atoms with E-state index in [4.69, 9.17) is 5.11 Å². The van der Waals surface area contributed by atoms with Crippen molar-refractivity contribution in [3.63, 3.8) is 0 Å². The fourth-order valence-corrected chi connectivity index (χ4v) is 1.85. The van der Waals surface area contributed by atoms with E-state index < -0.39 is 6.10 Å². The molecule has 4 heteroatoms. The Labute approximate surface area is 96.3 Å². The molecule has 0 aliphatic heterocycles. The number of aryl methyl sites for hydroxylation is 1. The van der Waals surface area contributed by atoms with Crippen LogP contribution in [0.1, 0.15) is 35.6 Å². The molecule has 0 radical (unpaired) electrons. The van der Waals surface area contributed by atoms with Crippen molar-refractivity contribution >= 4 is 5.91 Å². The van der Waals surface area contributed by atoms with Gasteiger partial charge in [0.1, 0.15) is 0 Å². The van der Waals surface area contributed by atoms with Gasteiger partial charge in [0, 0.05) is 24.5 Å². The van der Waals surface area contributed by atoms with Crippen LogP contribution in [0, 0.1) is 13.8 Å². The molecule has 0 aromatic carbocycles. The number of hydrogen-bond donors (Lipinski definition) is 2. The molecule has 0 fully saturated rings. The van der Waals surface area contributed by atoms with Gasteiger partial charge in [-0.25, -0.2) is 0 Å². The Morgan fingerprint density at radius 3 is 2.62 bits per heavy atom. The highest BCUT2D eigenvalue weighted by Crippen LogP contribution is 2.14. The standard InChI is InChI=1S/C12H20N2O2/c1-5-14-8(2)6-11(10(14)4)12(16)13-7-9(3)15/h6,9,15H,5,7H2,1-4H3,(H,13,16). The summed E-state index contributed by atoms with van der Waals surface area (Å²) in [7, 11) is 0. The van der Waals surface area contributed by atoms with Gasteiger partial charge in [-0.1, -0.05) is 0 Å². The lowest BCUT2D eigenvalue weighted by Gasteiger charge is -2.08. The molecule has 4 nitrogen and oxygen atoms in total. The van der Waals surface area contributed by atoms with Crippen LogP contribution >= 0.6 is 0 Å². The molecule has 1 aromatic heterocycles. The Hall–Kier alpha value is -1.29. The Kier molecular flexibility index (Phi) is 4.12. The number of rotatable bonds is 4. The minimum Gasteiger partial charge on any atom is -0.392 e. The van der Waals surface area contributed by atoms with Crippen molar-refractivity contribution in [2.75, 3.05) is 6.54 Å². The molecule has 1 rings (SSSR count). The molecule has 16 heavy (non-hydrogen) atoms. The zero-order chi connectivity index (χ0) is 12.3. The number of carbonyl (C=O) groups excluding carboxylic acids is 1. The zero-order valence-electron chi connectivity index (χ0n) is 10.4. The van der Waals surface area contributed by atoms with E-state index in [1.54, 1.807) is 6.92 Å². The van der Waals surface area contributed by atoms with Crippen molar-refractivity contribution in [1.29, 1.82) is 0 Å². The van der Waals surface area contributed by atoms with E-state index in [1.165, 1.54) is 0 Å². The lowest BCUT2D eigenvalue weighted by molar-refractivity contribution is 0.0923. The first-order valence-electron chi connectivity index (χ1n) is 5.60. The SMILES string of the molecule is CCn1c(C)cc(C(=O)NCC(C)O)c1C. The predicted octanol–water partition coefficient (Wildman–Crippen LogP) is 1.24. The van der Waals surface area contributed by atoms with Gasteiger partial charge in [-0.15, -0.1) is 0 Å². The molecule has 0 aliphatic carbocycles. The van der Waals surface area contributed by atoms with Gasteiger partial charge in [0.25, 0.3) is 5.91 Å². The number of hydrogen-bond acceptors (Lipinski definition) is 2.